The second-order valence-corrected chi connectivity index (χ2v) is 3.97. The molecular weight excluding hydrogens is 150 g/mol. The van der Waals surface area contributed by atoms with Crippen LogP contribution < -0.4 is 5.73 Å². The van der Waals surface area contributed by atoms with Crippen molar-refractivity contribution in [2.24, 2.45) is 5.73 Å². The molecule has 1 aliphatic rings. The van der Waals surface area contributed by atoms with E-state index in [2.05, 4.69) is 6.92 Å². The van der Waals surface area contributed by atoms with Crippen molar-refractivity contribution < 1.29 is 4.74 Å². The Hall–Kier alpha value is -0.0800. The average molecular weight is 171 g/mol. The van der Waals surface area contributed by atoms with Crippen molar-refractivity contribution in [1.82, 2.24) is 0 Å². The molecule has 2 heteroatoms. The van der Waals surface area contributed by atoms with E-state index in [-0.39, 0.29) is 11.6 Å². The molecule has 0 bridgehead atoms. The fraction of sp³-hybridized carbons (Fsp3) is 1.00. The van der Waals surface area contributed by atoms with Gasteiger partial charge in [-0.1, -0.05) is 25.7 Å². The molecule has 2 N–H and O–H groups in total. The molecule has 12 heavy (non-hydrogen) atoms. The van der Waals surface area contributed by atoms with Gasteiger partial charge in [-0.05, 0) is 19.8 Å². The minimum absolute atomic E-state index is 0.0174. The van der Waals surface area contributed by atoms with Gasteiger partial charge >= 0.3 is 0 Å². The van der Waals surface area contributed by atoms with E-state index in [1.807, 2.05) is 0 Å². The molecule has 72 valence electrons. The number of nitrogens with two attached hydrogens (primary N) is 1. The van der Waals surface area contributed by atoms with Crippen LogP contribution in [0.15, 0.2) is 0 Å². The Morgan fingerprint density at radius 2 is 1.67 bits per heavy atom. The number of hydrogen-bond acceptors (Lipinski definition) is 2. The van der Waals surface area contributed by atoms with E-state index in [1.165, 1.54) is 25.7 Å². The third kappa shape index (κ3) is 1.99. The van der Waals surface area contributed by atoms with E-state index in [9.17, 15) is 0 Å². The Bertz CT molecular complexity index is 126. The summed E-state index contributed by atoms with van der Waals surface area (Å²) < 4.78 is 5.60. The van der Waals surface area contributed by atoms with Crippen molar-refractivity contribution in [2.45, 2.75) is 57.1 Å². The van der Waals surface area contributed by atoms with Crippen LogP contribution in [-0.4, -0.2) is 18.8 Å². The zero-order chi connectivity index (χ0) is 9.03. The van der Waals surface area contributed by atoms with Gasteiger partial charge in [0.1, 0.15) is 0 Å². The standard InChI is InChI=1S/C10H21NO/c1-9(11)10(12-2)7-5-3-4-6-8-10/h9H,3-8,11H2,1-2H3. The largest absolute Gasteiger partial charge is 0.377 e. The molecule has 0 heterocycles. The predicted octanol–water partition coefficient (Wildman–Crippen LogP) is 2.07. The van der Waals surface area contributed by atoms with Crippen LogP contribution in [0.2, 0.25) is 0 Å². The third-order valence-electron chi connectivity index (χ3n) is 3.19. The number of methoxy groups -OCH3 is 1. The first-order valence-corrected chi connectivity index (χ1v) is 5.02. The smallest absolute Gasteiger partial charge is 0.0826 e. The molecule has 1 fully saturated rings. The topological polar surface area (TPSA) is 35.2 Å². The SMILES string of the molecule is COC1(C(C)N)CCCCCC1. The molecule has 1 saturated carbocycles. The van der Waals surface area contributed by atoms with Crippen molar-refractivity contribution in [1.29, 1.82) is 0 Å². The molecule has 1 unspecified atom stereocenters. The molecule has 0 aromatic carbocycles. The van der Waals surface area contributed by atoms with Crippen molar-refractivity contribution in [3.05, 3.63) is 0 Å². The fourth-order valence-corrected chi connectivity index (χ4v) is 2.17. The van der Waals surface area contributed by atoms with Crippen molar-refractivity contribution in [3.8, 4) is 0 Å². The molecule has 0 aliphatic heterocycles. The van der Waals surface area contributed by atoms with Gasteiger partial charge in [0, 0.05) is 13.2 Å². The summed E-state index contributed by atoms with van der Waals surface area (Å²) in [6.07, 6.45) is 7.52. The molecule has 1 aliphatic carbocycles. The van der Waals surface area contributed by atoms with Crippen LogP contribution in [0.25, 0.3) is 0 Å². The Labute approximate surface area is 75.5 Å². The van der Waals surface area contributed by atoms with Gasteiger partial charge in [0.15, 0.2) is 0 Å². The predicted molar refractivity (Wildman–Crippen MR) is 51.1 cm³/mol. The van der Waals surface area contributed by atoms with E-state index in [0.29, 0.717) is 0 Å². The quantitative estimate of drug-likeness (QED) is 0.645. The van der Waals surface area contributed by atoms with Gasteiger partial charge in [-0.15, -0.1) is 0 Å². The van der Waals surface area contributed by atoms with Crippen LogP contribution in [0, 0.1) is 0 Å². The molecule has 0 amide bonds. The molecule has 1 atom stereocenters. The summed E-state index contributed by atoms with van der Waals surface area (Å²) in [5.41, 5.74) is 5.94. The second-order valence-electron chi connectivity index (χ2n) is 3.97. The Kier molecular flexibility index (Phi) is 3.53. The van der Waals surface area contributed by atoms with Gasteiger partial charge in [-0.3, -0.25) is 0 Å². The van der Waals surface area contributed by atoms with Crippen LogP contribution >= 0.6 is 0 Å². The number of ether oxygens (including phenoxy) is 1. The van der Waals surface area contributed by atoms with Crippen LogP contribution in [0.1, 0.15) is 45.4 Å². The molecule has 0 radical (unpaired) electrons. The van der Waals surface area contributed by atoms with Crippen molar-refractivity contribution in [2.75, 3.05) is 7.11 Å². The lowest BCUT2D eigenvalue weighted by molar-refractivity contribution is -0.0388. The summed E-state index contributed by atoms with van der Waals surface area (Å²) in [5, 5.41) is 0. The van der Waals surface area contributed by atoms with E-state index >= 15 is 0 Å². The summed E-state index contributed by atoms with van der Waals surface area (Å²) in [6, 6.07) is 0.167. The zero-order valence-corrected chi connectivity index (χ0v) is 8.31. The maximum Gasteiger partial charge on any atom is 0.0826 e. The summed E-state index contributed by atoms with van der Waals surface area (Å²) in [5.74, 6) is 0. The molecule has 0 aromatic heterocycles. The van der Waals surface area contributed by atoms with E-state index < -0.39 is 0 Å². The van der Waals surface area contributed by atoms with Crippen LogP contribution in [-0.2, 0) is 4.74 Å². The van der Waals surface area contributed by atoms with Crippen LogP contribution in [0.4, 0.5) is 0 Å². The minimum atomic E-state index is -0.0174. The molecule has 2 nitrogen and oxygen atoms in total. The fourth-order valence-electron chi connectivity index (χ4n) is 2.17. The highest BCUT2D eigenvalue weighted by molar-refractivity contribution is 4.89. The first-order valence-electron chi connectivity index (χ1n) is 5.02. The summed E-state index contributed by atoms with van der Waals surface area (Å²) in [6.45, 7) is 2.06. The highest BCUT2D eigenvalue weighted by Gasteiger charge is 2.34. The van der Waals surface area contributed by atoms with Gasteiger partial charge in [0.25, 0.3) is 0 Å². The maximum absolute atomic E-state index is 5.96. The maximum atomic E-state index is 5.96. The van der Waals surface area contributed by atoms with Gasteiger partial charge < -0.3 is 10.5 Å². The van der Waals surface area contributed by atoms with E-state index in [4.69, 9.17) is 10.5 Å². The van der Waals surface area contributed by atoms with E-state index in [1.54, 1.807) is 7.11 Å². The molecule has 0 saturated heterocycles. The van der Waals surface area contributed by atoms with Gasteiger partial charge in [0.2, 0.25) is 0 Å². The Balaban J connectivity index is 2.61. The van der Waals surface area contributed by atoms with Crippen LogP contribution in [0.3, 0.4) is 0 Å². The van der Waals surface area contributed by atoms with E-state index in [0.717, 1.165) is 12.8 Å². The Morgan fingerprint density at radius 1 is 1.17 bits per heavy atom. The number of hydrogen-bond donors (Lipinski definition) is 1. The van der Waals surface area contributed by atoms with Gasteiger partial charge in [-0.2, -0.15) is 0 Å². The van der Waals surface area contributed by atoms with Gasteiger partial charge in [-0.25, -0.2) is 0 Å². The lowest BCUT2D eigenvalue weighted by atomic mass is 9.87. The van der Waals surface area contributed by atoms with Crippen molar-refractivity contribution in [3.63, 3.8) is 0 Å². The molecule has 0 aromatic rings. The highest BCUT2D eigenvalue weighted by Crippen LogP contribution is 2.31. The van der Waals surface area contributed by atoms with Crippen LogP contribution in [0.5, 0.6) is 0 Å². The third-order valence-corrected chi connectivity index (χ3v) is 3.19. The second kappa shape index (κ2) is 4.24. The Morgan fingerprint density at radius 3 is 2.00 bits per heavy atom. The highest BCUT2D eigenvalue weighted by atomic mass is 16.5. The molecule has 1 rings (SSSR count). The monoisotopic (exact) mass is 171 g/mol. The zero-order valence-electron chi connectivity index (χ0n) is 8.31. The molecular formula is C10H21NO. The summed E-state index contributed by atoms with van der Waals surface area (Å²) >= 11 is 0. The van der Waals surface area contributed by atoms with Crippen molar-refractivity contribution >= 4 is 0 Å². The normalized spacial score (nSPS) is 26.2. The first kappa shape index (κ1) is 10.0. The summed E-state index contributed by atoms with van der Waals surface area (Å²) in [4.78, 5) is 0. The summed E-state index contributed by atoms with van der Waals surface area (Å²) in [7, 11) is 1.80. The minimum Gasteiger partial charge on any atom is -0.377 e. The average Bonchev–Trinajstić information content (AvgIpc) is 2.29. The molecule has 0 spiro atoms. The lowest BCUT2D eigenvalue weighted by Crippen LogP contribution is -2.47. The lowest BCUT2D eigenvalue weighted by Gasteiger charge is -2.35. The van der Waals surface area contributed by atoms with Gasteiger partial charge in [0.05, 0.1) is 5.60 Å². The first-order chi connectivity index (χ1) is 5.71. The number of rotatable bonds is 2.